The Balaban J connectivity index is 2.12. The number of nitrogens with zero attached hydrogens (tertiary/aromatic N) is 1. The number of aromatic nitrogens is 1. The van der Waals surface area contributed by atoms with Crippen molar-refractivity contribution in [1.29, 1.82) is 4.78 Å². The number of halogens is 3. The van der Waals surface area contributed by atoms with E-state index < -0.39 is 39.3 Å². The van der Waals surface area contributed by atoms with Crippen molar-refractivity contribution < 1.29 is 18.5 Å². The highest BCUT2D eigenvalue weighted by Crippen LogP contribution is 2.24. The fourth-order valence-electron chi connectivity index (χ4n) is 2.52. The summed E-state index contributed by atoms with van der Waals surface area (Å²) in [6.45, 7) is -0.989. The molecular formula is C18H20Cl2FN3O3S. The molecule has 0 fully saturated rings. The topological polar surface area (TPSA) is 103 Å². The summed E-state index contributed by atoms with van der Waals surface area (Å²) in [7, 11) is -2.66. The fourth-order valence-corrected chi connectivity index (χ4v) is 3.38. The molecule has 6 nitrogen and oxygen atoms in total. The van der Waals surface area contributed by atoms with E-state index in [1.165, 1.54) is 6.26 Å². The molecule has 1 amide bonds. The lowest BCUT2D eigenvalue weighted by atomic mass is 9.99. The largest absolute Gasteiger partial charge is 0.386 e. The summed E-state index contributed by atoms with van der Waals surface area (Å²) in [5, 5.41) is 12.6. The van der Waals surface area contributed by atoms with Crippen molar-refractivity contribution in [3.8, 4) is 11.1 Å². The average Bonchev–Trinajstić information content (AvgIpc) is 2.64. The summed E-state index contributed by atoms with van der Waals surface area (Å²) in [6.07, 6.45) is 1.70. The minimum Gasteiger partial charge on any atom is -0.386 e. The molecule has 3 atom stereocenters. The van der Waals surface area contributed by atoms with Crippen molar-refractivity contribution in [1.82, 2.24) is 10.3 Å². The van der Waals surface area contributed by atoms with Crippen molar-refractivity contribution in [3.05, 3.63) is 53.9 Å². The molecular weight excluding hydrogens is 428 g/mol. The van der Waals surface area contributed by atoms with Crippen molar-refractivity contribution >= 4 is 38.8 Å². The molecule has 0 aliphatic rings. The van der Waals surface area contributed by atoms with Crippen LogP contribution in [0.25, 0.3) is 11.1 Å². The fraction of sp³-hybridized carbons (Fsp3) is 0.333. The first-order chi connectivity index (χ1) is 13.1. The summed E-state index contributed by atoms with van der Waals surface area (Å²) in [6, 6.07) is 9.02. The zero-order valence-electron chi connectivity index (χ0n) is 14.9. The smallest absolute Gasteiger partial charge is 0.253 e. The standard InChI is InChI=1S/C18H20Cl2FN3O3S/c1-28(22,27)10-14-7-6-13(9-23-14)11-2-4-12(5-3-11)16(25)15(8-21)24-18(26)17(19)20/h2-7,9,15-17,22,25H,8,10H2,1H3,(H,24,26)/t15-,16-,28?/m1/s1. The van der Waals surface area contributed by atoms with Gasteiger partial charge < -0.3 is 10.4 Å². The molecule has 2 rings (SSSR count). The predicted molar refractivity (Wildman–Crippen MR) is 109 cm³/mol. The number of aliphatic hydroxyl groups excluding tert-OH is 1. The number of amides is 1. The zero-order valence-corrected chi connectivity index (χ0v) is 17.3. The Labute approximate surface area is 173 Å². The molecule has 0 bridgehead atoms. The molecule has 0 spiro atoms. The Morgan fingerprint density at radius 2 is 1.86 bits per heavy atom. The summed E-state index contributed by atoms with van der Waals surface area (Å²) < 4.78 is 32.2. The monoisotopic (exact) mass is 447 g/mol. The molecule has 1 unspecified atom stereocenters. The normalized spacial score (nSPS) is 15.6. The van der Waals surface area contributed by atoms with E-state index >= 15 is 0 Å². The molecule has 1 heterocycles. The third-order valence-electron chi connectivity index (χ3n) is 3.91. The molecule has 0 radical (unpaired) electrons. The minimum atomic E-state index is -2.66. The third-order valence-corrected chi connectivity index (χ3v) is 5.15. The Bertz CT molecular complexity index is 907. The van der Waals surface area contributed by atoms with Crippen molar-refractivity contribution in [3.63, 3.8) is 0 Å². The van der Waals surface area contributed by atoms with Gasteiger partial charge in [-0.15, -0.1) is 0 Å². The van der Waals surface area contributed by atoms with E-state index in [4.69, 9.17) is 28.0 Å². The van der Waals surface area contributed by atoms with Crippen molar-refractivity contribution in [2.75, 3.05) is 12.9 Å². The summed E-state index contributed by atoms with van der Waals surface area (Å²) in [5.74, 6) is -0.697. The number of aliphatic hydroxyl groups is 1. The molecule has 1 aromatic heterocycles. The number of alkyl halides is 3. The second-order valence-corrected chi connectivity index (χ2v) is 9.72. The Morgan fingerprint density at radius 3 is 2.32 bits per heavy atom. The van der Waals surface area contributed by atoms with Crippen LogP contribution in [0.5, 0.6) is 0 Å². The maximum atomic E-state index is 13.2. The maximum absolute atomic E-state index is 13.2. The number of hydrogen-bond acceptors (Lipinski definition) is 5. The minimum absolute atomic E-state index is 0.0835. The lowest BCUT2D eigenvalue weighted by molar-refractivity contribution is -0.121. The van der Waals surface area contributed by atoms with Crippen molar-refractivity contribution in [2.45, 2.75) is 22.7 Å². The van der Waals surface area contributed by atoms with Crippen LogP contribution < -0.4 is 5.32 Å². The number of nitrogens with one attached hydrogen (secondary N) is 2. The number of hydrogen-bond donors (Lipinski definition) is 3. The van der Waals surface area contributed by atoms with Crippen LogP contribution in [0.1, 0.15) is 17.4 Å². The predicted octanol–water partition coefficient (Wildman–Crippen LogP) is 3.22. The molecule has 10 heteroatoms. The van der Waals surface area contributed by atoms with Gasteiger partial charge in [-0.2, -0.15) is 0 Å². The van der Waals surface area contributed by atoms with Gasteiger partial charge >= 0.3 is 0 Å². The van der Waals surface area contributed by atoms with Gasteiger partial charge in [-0.1, -0.05) is 53.5 Å². The molecule has 152 valence electrons. The Hall–Kier alpha value is -1.74. The Kier molecular flexibility index (Phi) is 7.77. The molecule has 3 N–H and O–H groups in total. The molecule has 2 aromatic rings. The number of rotatable bonds is 8. The van der Waals surface area contributed by atoms with Crippen LogP contribution in [0.4, 0.5) is 4.39 Å². The third kappa shape index (κ3) is 6.41. The van der Waals surface area contributed by atoms with Gasteiger partial charge in [-0.05, 0) is 17.2 Å². The number of pyridine rings is 1. The van der Waals surface area contributed by atoms with Gasteiger partial charge in [0, 0.05) is 27.7 Å². The Morgan fingerprint density at radius 1 is 1.25 bits per heavy atom. The highest BCUT2D eigenvalue weighted by Gasteiger charge is 2.25. The van der Waals surface area contributed by atoms with E-state index in [1.807, 2.05) is 0 Å². The van der Waals surface area contributed by atoms with E-state index in [2.05, 4.69) is 10.3 Å². The average molecular weight is 448 g/mol. The van der Waals surface area contributed by atoms with Crippen LogP contribution >= 0.6 is 23.2 Å². The van der Waals surface area contributed by atoms with Crippen molar-refractivity contribution in [2.24, 2.45) is 0 Å². The van der Waals surface area contributed by atoms with Crippen LogP contribution in [0.2, 0.25) is 0 Å². The van der Waals surface area contributed by atoms with Gasteiger partial charge in [0.25, 0.3) is 5.91 Å². The van der Waals surface area contributed by atoms with Gasteiger partial charge in [-0.25, -0.2) is 8.60 Å². The summed E-state index contributed by atoms with van der Waals surface area (Å²) >= 11 is 10.9. The van der Waals surface area contributed by atoms with E-state index in [1.54, 1.807) is 42.6 Å². The van der Waals surface area contributed by atoms with E-state index in [9.17, 15) is 18.5 Å². The zero-order chi connectivity index (χ0) is 20.9. The number of benzene rings is 1. The van der Waals surface area contributed by atoms with Crippen LogP contribution in [0, 0.1) is 4.78 Å². The number of carbonyl (C=O) groups excluding carboxylic acids is 1. The quantitative estimate of drug-likeness (QED) is 0.540. The van der Waals surface area contributed by atoms with Gasteiger partial charge in [0.2, 0.25) is 0 Å². The van der Waals surface area contributed by atoms with Gasteiger partial charge in [0.1, 0.15) is 12.8 Å². The van der Waals surface area contributed by atoms with Crippen LogP contribution in [0.3, 0.4) is 0 Å². The molecule has 0 saturated heterocycles. The van der Waals surface area contributed by atoms with E-state index in [-0.39, 0.29) is 5.75 Å². The van der Waals surface area contributed by atoms with Crippen LogP contribution in [0.15, 0.2) is 42.6 Å². The van der Waals surface area contributed by atoms with Gasteiger partial charge in [0.05, 0.1) is 17.5 Å². The highest BCUT2D eigenvalue weighted by molar-refractivity contribution is 7.90. The van der Waals surface area contributed by atoms with Crippen LogP contribution in [-0.4, -0.2) is 44.0 Å². The van der Waals surface area contributed by atoms with Crippen LogP contribution in [-0.2, 0) is 20.3 Å². The molecule has 28 heavy (non-hydrogen) atoms. The first-order valence-electron chi connectivity index (χ1n) is 8.20. The lowest BCUT2D eigenvalue weighted by Crippen LogP contribution is -2.43. The highest BCUT2D eigenvalue weighted by atomic mass is 35.5. The molecule has 0 aliphatic carbocycles. The first kappa shape index (κ1) is 22.5. The molecule has 0 saturated carbocycles. The van der Waals surface area contributed by atoms with E-state index in [0.29, 0.717) is 11.3 Å². The maximum Gasteiger partial charge on any atom is 0.253 e. The summed E-state index contributed by atoms with van der Waals surface area (Å²) in [5.41, 5.74) is 2.58. The van der Waals surface area contributed by atoms with Gasteiger partial charge in [0.15, 0.2) is 4.84 Å². The lowest BCUT2D eigenvalue weighted by Gasteiger charge is -2.22. The molecule has 1 aromatic carbocycles. The summed E-state index contributed by atoms with van der Waals surface area (Å²) in [4.78, 5) is 14.4. The number of carbonyl (C=O) groups is 1. The SMILES string of the molecule is CS(=N)(=O)Cc1ccc(-c2ccc([C@@H](O)[C@@H](CF)NC(=O)C(Cl)Cl)cc2)cn1. The first-order valence-corrected chi connectivity index (χ1v) is 11.2. The van der Waals surface area contributed by atoms with E-state index in [0.717, 1.165) is 11.1 Å². The van der Waals surface area contributed by atoms with Gasteiger partial charge in [-0.3, -0.25) is 14.6 Å². The molecule has 0 aliphatic heterocycles. The second-order valence-electron chi connectivity index (χ2n) is 6.32. The second kappa shape index (κ2) is 9.65.